The zero-order valence-electron chi connectivity index (χ0n) is 11.7. The SMILES string of the molecule is CC(C)N(CCCO)CCOc1ccccc1C#N. The molecule has 19 heavy (non-hydrogen) atoms. The predicted octanol–water partition coefficient (Wildman–Crippen LogP) is 2.03. The van der Waals surface area contributed by atoms with Crippen molar-refractivity contribution in [1.29, 1.82) is 5.26 Å². The number of nitriles is 1. The van der Waals surface area contributed by atoms with E-state index in [9.17, 15) is 0 Å². The van der Waals surface area contributed by atoms with Gasteiger partial charge in [-0.2, -0.15) is 5.26 Å². The summed E-state index contributed by atoms with van der Waals surface area (Å²) in [6, 6.07) is 9.79. The molecule has 4 nitrogen and oxygen atoms in total. The average molecular weight is 262 g/mol. The fraction of sp³-hybridized carbons (Fsp3) is 0.533. The topological polar surface area (TPSA) is 56.5 Å². The molecule has 0 aliphatic carbocycles. The molecule has 0 amide bonds. The summed E-state index contributed by atoms with van der Waals surface area (Å²) in [7, 11) is 0. The molecule has 0 aromatic heterocycles. The second-order valence-corrected chi connectivity index (χ2v) is 4.66. The Morgan fingerprint density at radius 2 is 2.05 bits per heavy atom. The van der Waals surface area contributed by atoms with Gasteiger partial charge < -0.3 is 9.84 Å². The van der Waals surface area contributed by atoms with Crippen molar-refractivity contribution in [2.45, 2.75) is 26.3 Å². The number of benzene rings is 1. The van der Waals surface area contributed by atoms with Crippen LogP contribution in [0.3, 0.4) is 0 Å². The van der Waals surface area contributed by atoms with Crippen LogP contribution < -0.4 is 4.74 Å². The molecule has 1 aromatic rings. The van der Waals surface area contributed by atoms with Crippen LogP contribution in [0.25, 0.3) is 0 Å². The average Bonchev–Trinajstić information content (AvgIpc) is 2.42. The molecule has 0 atom stereocenters. The van der Waals surface area contributed by atoms with Gasteiger partial charge in [-0.25, -0.2) is 0 Å². The number of rotatable bonds is 8. The van der Waals surface area contributed by atoms with E-state index in [0.29, 0.717) is 24.0 Å². The molecule has 104 valence electrons. The Hall–Kier alpha value is -1.57. The second kappa shape index (κ2) is 8.52. The summed E-state index contributed by atoms with van der Waals surface area (Å²) in [5.41, 5.74) is 0.564. The summed E-state index contributed by atoms with van der Waals surface area (Å²) >= 11 is 0. The van der Waals surface area contributed by atoms with E-state index in [0.717, 1.165) is 19.5 Å². The van der Waals surface area contributed by atoms with Crippen molar-refractivity contribution >= 4 is 0 Å². The molecule has 0 unspecified atom stereocenters. The second-order valence-electron chi connectivity index (χ2n) is 4.66. The number of nitrogens with zero attached hydrogens (tertiary/aromatic N) is 2. The Labute approximate surface area is 115 Å². The van der Waals surface area contributed by atoms with E-state index < -0.39 is 0 Å². The molecule has 0 fully saturated rings. The lowest BCUT2D eigenvalue weighted by Gasteiger charge is -2.26. The van der Waals surface area contributed by atoms with Crippen LogP contribution in [0.4, 0.5) is 0 Å². The number of ether oxygens (including phenoxy) is 1. The fourth-order valence-electron chi connectivity index (χ4n) is 1.86. The lowest BCUT2D eigenvalue weighted by atomic mass is 10.2. The molecule has 0 bridgehead atoms. The smallest absolute Gasteiger partial charge is 0.137 e. The van der Waals surface area contributed by atoms with Crippen molar-refractivity contribution in [3.8, 4) is 11.8 Å². The normalized spacial score (nSPS) is 10.7. The van der Waals surface area contributed by atoms with Crippen molar-refractivity contribution < 1.29 is 9.84 Å². The highest BCUT2D eigenvalue weighted by Crippen LogP contribution is 2.16. The zero-order valence-corrected chi connectivity index (χ0v) is 11.7. The zero-order chi connectivity index (χ0) is 14.1. The van der Waals surface area contributed by atoms with Crippen molar-refractivity contribution in [3.63, 3.8) is 0 Å². The third-order valence-corrected chi connectivity index (χ3v) is 2.98. The minimum absolute atomic E-state index is 0.210. The van der Waals surface area contributed by atoms with Gasteiger partial charge in [-0.3, -0.25) is 4.90 Å². The molecule has 0 radical (unpaired) electrons. The van der Waals surface area contributed by atoms with Gasteiger partial charge in [0.2, 0.25) is 0 Å². The monoisotopic (exact) mass is 262 g/mol. The van der Waals surface area contributed by atoms with E-state index in [2.05, 4.69) is 24.8 Å². The van der Waals surface area contributed by atoms with E-state index in [-0.39, 0.29) is 6.61 Å². The van der Waals surface area contributed by atoms with Crippen molar-refractivity contribution in [3.05, 3.63) is 29.8 Å². The van der Waals surface area contributed by atoms with Crippen LogP contribution in [0.5, 0.6) is 5.75 Å². The van der Waals surface area contributed by atoms with Crippen LogP contribution >= 0.6 is 0 Å². The number of aliphatic hydroxyl groups excluding tert-OH is 1. The molecular formula is C15H22N2O2. The molecule has 0 aliphatic heterocycles. The predicted molar refractivity (Wildman–Crippen MR) is 75.1 cm³/mol. The fourth-order valence-corrected chi connectivity index (χ4v) is 1.86. The van der Waals surface area contributed by atoms with Crippen LogP contribution in [0.1, 0.15) is 25.8 Å². The van der Waals surface area contributed by atoms with Crippen LogP contribution in [0.15, 0.2) is 24.3 Å². The van der Waals surface area contributed by atoms with E-state index >= 15 is 0 Å². The maximum Gasteiger partial charge on any atom is 0.137 e. The summed E-state index contributed by atoms with van der Waals surface area (Å²) in [4.78, 5) is 2.26. The highest BCUT2D eigenvalue weighted by molar-refractivity contribution is 5.42. The molecule has 1 N–H and O–H groups in total. The molecule has 0 saturated carbocycles. The molecule has 0 aliphatic rings. The first-order valence-corrected chi connectivity index (χ1v) is 6.66. The standard InChI is InChI=1S/C15H22N2O2/c1-13(2)17(8-5-10-18)9-11-19-15-7-4-3-6-14(15)12-16/h3-4,6-7,13,18H,5,8-11H2,1-2H3. The number of hydrogen-bond acceptors (Lipinski definition) is 4. The summed E-state index contributed by atoms with van der Waals surface area (Å²) < 4.78 is 5.66. The first kappa shape index (κ1) is 15.5. The maximum atomic E-state index is 8.96. The Kier molecular flexibility index (Phi) is 6.94. The summed E-state index contributed by atoms with van der Waals surface area (Å²) in [5, 5.41) is 17.8. The van der Waals surface area contributed by atoms with Gasteiger partial charge in [-0.1, -0.05) is 12.1 Å². The van der Waals surface area contributed by atoms with Gasteiger partial charge in [0, 0.05) is 25.7 Å². The molecule has 1 aromatic carbocycles. The number of hydrogen-bond donors (Lipinski definition) is 1. The minimum Gasteiger partial charge on any atom is -0.491 e. The van der Waals surface area contributed by atoms with Crippen molar-refractivity contribution in [1.82, 2.24) is 4.90 Å². The Balaban J connectivity index is 2.45. The first-order valence-electron chi connectivity index (χ1n) is 6.66. The Morgan fingerprint density at radius 3 is 2.68 bits per heavy atom. The third-order valence-electron chi connectivity index (χ3n) is 2.98. The maximum absolute atomic E-state index is 8.96. The van der Waals surface area contributed by atoms with Crippen molar-refractivity contribution in [2.24, 2.45) is 0 Å². The molecule has 0 spiro atoms. The Morgan fingerprint density at radius 1 is 1.32 bits per heavy atom. The van der Waals surface area contributed by atoms with Gasteiger partial charge in [-0.05, 0) is 32.4 Å². The van der Waals surface area contributed by atoms with Gasteiger partial charge in [0.25, 0.3) is 0 Å². The molecule has 0 heterocycles. The lowest BCUT2D eigenvalue weighted by molar-refractivity contribution is 0.160. The molecule has 0 saturated heterocycles. The van der Waals surface area contributed by atoms with Crippen LogP contribution in [-0.2, 0) is 0 Å². The minimum atomic E-state index is 0.210. The number of aliphatic hydroxyl groups is 1. The third kappa shape index (κ3) is 5.29. The van der Waals surface area contributed by atoms with Gasteiger partial charge in [-0.15, -0.1) is 0 Å². The van der Waals surface area contributed by atoms with Crippen LogP contribution in [0.2, 0.25) is 0 Å². The highest BCUT2D eigenvalue weighted by Gasteiger charge is 2.09. The quantitative estimate of drug-likeness (QED) is 0.779. The first-order chi connectivity index (χ1) is 9.19. The molecule has 1 rings (SSSR count). The van der Waals surface area contributed by atoms with E-state index in [1.165, 1.54) is 0 Å². The summed E-state index contributed by atoms with van der Waals surface area (Å²) in [5.74, 6) is 0.635. The van der Waals surface area contributed by atoms with E-state index in [1.54, 1.807) is 6.07 Å². The van der Waals surface area contributed by atoms with Gasteiger partial charge in [0.1, 0.15) is 18.4 Å². The summed E-state index contributed by atoms with van der Waals surface area (Å²) in [6.07, 6.45) is 0.771. The number of para-hydroxylation sites is 1. The highest BCUT2D eigenvalue weighted by atomic mass is 16.5. The molecule has 4 heteroatoms. The lowest BCUT2D eigenvalue weighted by Crippen LogP contribution is -2.35. The van der Waals surface area contributed by atoms with Gasteiger partial charge in [0.15, 0.2) is 0 Å². The van der Waals surface area contributed by atoms with Crippen molar-refractivity contribution in [2.75, 3.05) is 26.3 Å². The van der Waals surface area contributed by atoms with E-state index in [1.807, 2.05) is 18.2 Å². The van der Waals surface area contributed by atoms with Gasteiger partial charge in [0.05, 0.1) is 5.56 Å². The largest absolute Gasteiger partial charge is 0.491 e. The summed E-state index contributed by atoms with van der Waals surface area (Å²) in [6.45, 7) is 6.65. The van der Waals surface area contributed by atoms with E-state index in [4.69, 9.17) is 15.1 Å². The van der Waals surface area contributed by atoms with Gasteiger partial charge >= 0.3 is 0 Å². The Bertz CT molecular complexity index is 413. The van der Waals surface area contributed by atoms with Crippen LogP contribution in [0, 0.1) is 11.3 Å². The molecular weight excluding hydrogens is 240 g/mol. The van der Waals surface area contributed by atoms with Crippen LogP contribution in [-0.4, -0.2) is 42.4 Å².